The van der Waals surface area contributed by atoms with Crippen LogP contribution in [0.15, 0.2) is 18.2 Å². The minimum absolute atomic E-state index is 0.236. The quantitative estimate of drug-likeness (QED) is 0.542. The van der Waals surface area contributed by atoms with Crippen molar-refractivity contribution in [3.8, 4) is 5.75 Å². The maximum atomic E-state index is 10.9. The second kappa shape index (κ2) is 12.6. The zero-order valence-electron chi connectivity index (χ0n) is 21.1. The molecule has 180 valence electrons. The van der Waals surface area contributed by atoms with E-state index in [-0.39, 0.29) is 5.91 Å². The number of likely N-dealkylation sites (tertiary alicyclic amines) is 2. The number of carbonyl (C=O) groups excluding carboxylic acids is 1. The molecule has 1 aliphatic carbocycles. The molecule has 0 bridgehead atoms. The molecule has 1 amide bonds. The fraction of sp³-hybridized carbons (Fsp3) is 0.750. The monoisotopic (exact) mass is 442 g/mol. The minimum atomic E-state index is 0.236. The van der Waals surface area contributed by atoms with Crippen LogP contribution >= 0.6 is 0 Å². The van der Waals surface area contributed by atoms with Gasteiger partial charge >= 0.3 is 0 Å². The van der Waals surface area contributed by atoms with Gasteiger partial charge in [0.05, 0.1) is 0 Å². The zero-order valence-corrected chi connectivity index (χ0v) is 21.1. The summed E-state index contributed by atoms with van der Waals surface area (Å²) in [7, 11) is 0. The van der Waals surface area contributed by atoms with Gasteiger partial charge in [-0.2, -0.15) is 0 Å². The number of nitrogens with zero attached hydrogens (tertiary/aromatic N) is 2. The summed E-state index contributed by atoms with van der Waals surface area (Å²) in [6.07, 6.45) is 13.1. The summed E-state index contributed by atoms with van der Waals surface area (Å²) in [5, 5.41) is 0. The maximum absolute atomic E-state index is 10.9. The van der Waals surface area contributed by atoms with Crippen molar-refractivity contribution in [2.75, 3.05) is 26.2 Å². The zero-order chi connectivity index (χ0) is 22.9. The Hall–Kier alpha value is -1.55. The Morgan fingerprint density at radius 1 is 1.00 bits per heavy atom. The third-order valence-corrected chi connectivity index (χ3v) is 7.85. The van der Waals surface area contributed by atoms with E-state index in [1.165, 1.54) is 82.0 Å². The standard InChI is InChI=1S/C19H29NO.C9H17NO/c1-3-5-16-14-19(9-8-15(16)2)21-18-10-12-20(13-11-18)17-6-4-7-17;1-3-9-4-6-10(7-5-9)8(2)11/h8-9,14,17-18H,3-7,10-13H2,1-2H3;9H,3-7H2,1-2H3. The Labute approximate surface area is 196 Å². The van der Waals surface area contributed by atoms with E-state index in [2.05, 4.69) is 43.9 Å². The molecule has 32 heavy (non-hydrogen) atoms. The molecule has 0 spiro atoms. The smallest absolute Gasteiger partial charge is 0.219 e. The molecule has 1 saturated carbocycles. The van der Waals surface area contributed by atoms with Gasteiger partial charge in [-0.1, -0.05) is 39.2 Å². The molecule has 0 unspecified atom stereocenters. The first kappa shape index (κ1) is 25.1. The van der Waals surface area contributed by atoms with Crippen LogP contribution in [0.5, 0.6) is 5.75 Å². The molecule has 0 radical (unpaired) electrons. The number of benzene rings is 1. The molecule has 4 heteroatoms. The number of amides is 1. The van der Waals surface area contributed by atoms with E-state index in [0.29, 0.717) is 6.10 Å². The first-order valence-corrected chi connectivity index (χ1v) is 13.3. The highest BCUT2D eigenvalue weighted by atomic mass is 16.5. The van der Waals surface area contributed by atoms with Gasteiger partial charge in [-0.15, -0.1) is 0 Å². The number of hydrogen-bond donors (Lipinski definition) is 0. The van der Waals surface area contributed by atoms with Gasteiger partial charge < -0.3 is 14.5 Å². The van der Waals surface area contributed by atoms with Crippen LogP contribution in [-0.2, 0) is 11.2 Å². The third kappa shape index (κ3) is 7.23. The van der Waals surface area contributed by atoms with E-state index >= 15 is 0 Å². The molecule has 4 rings (SSSR count). The number of rotatable bonds is 6. The van der Waals surface area contributed by atoms with Gasteiger partial charge in [-0.3, -0.25) is 4.79 Å². The first-order chi connectivity index (χ1) is 15.5. The summed E-state index contributed by atoms with van der Waals surface area (Å²) < 4.78 is 6.25. The van der Waals surface area contributed by atoms with Crippen molar-refractivity contribution in [1.82, 2.24) is 9.80 Å². The summed E-state index contributed by atoms with van der Waals surface area (Å²) in [5.74, 6) is 2.18. The minimum Gasteiger partial charge on any atom is -0.490 e. The van der Waals surface area contributed by atoms with E-state index in [9.17, 15) is 4.79 Å². The van der Waals surface area contributed by atoms with Crippen molar-refractivity contribution in [2.45, 2.75) is 104 Å². The molecular weight excluding hydrogens is 396 g/mol. The van der Waals surface area contributed by atoms with Crippen molar-refractivity contribution in [2.24, 2.45) is 5.92 Å². The lowest BCUT2D eigenvalue weighted by atomic mass is 9.90. The molecule has 1 aromatic carbocycles. The Morgan fingerprint density at radius 2 is 1.69 bits per heavy atom. The van der Waals surface area contributed by atoms with Crippen LogP contribution in [0.4, 0.5) is 0 Å². The summed E-state index contributed by atoms with van der Waals surface area (Å²) >= 11 is 0. The normalized spacial score (nSPS) is 20.9. The van der Waals surface area contributed by atoms with Crippen molar-refractivity contribution in [3.05, 3.63) is 29.3 Å². The van der Waals surface area contributed by atoms with Crippen LogP contribution in [0.1, 0.15) is 89.7 Å². The molecule has 0 atom stereocenters. The summed E-state index contributed by atoms with van der Waals surface area (Å²) in [5.41, 5.74) is 2.84. The Balaban J connectivity index is 0.000000222. The first-order valence-electron chi connectivity index (χ1n) is 13.3. The molecular formula is C28H46N2O2. The van der Waals surface area contributed by atoms with Crippen LogP contribution in [0.2, 0.25) is 0 Å². The highest BCUT2D eigenvalue weighted by Gasteiger charge is 2.29. The predicted molar refractivity (Wildman–Crippen MR) is 133 cm³/mol. The highest BCUT2D eigenvalue weighted by Crippen LogP contribution is 2.29. The predicted octanol–water partition coefficient (Wildman–Crippen LogP) is 6.00. The summed E-state index contributed by atoms with van der Waals surface area (Å²) in [6, 6.07) is 7.51. The van der Waals surface area contributed by atoms with Gasteiger partial charge in [0, 0.05) is 39.1 Å². The second-order valence-electron chi connectivity index (χ2n) is 10.1. The molecule has 1 aromatic rings. The van der Waals surface area contributed by atoms with Crippen molar-refractivity contribution in [1.29, 1.82) is 0 Å². The number of carbonyl (C=O) groups is 1. The SMILES string of the molecule is CCC1CCN(C(C)=O)CC1.CCCc1cc(OC2CCN(C3CCC3)CC2)ccc1C. The number of ether oxygens (including phenoxy) is 1. The van der Waals surface area contributed by atoms with Gasteiger partial charge in [0.15, 0.2) is 0 Å². The van der Waals surface area contributed by atoms with E-state index < -0.39 is 0 Å². The molecule has 0 aromatic heterocycles. The molecule has 3 fully saturated rings. The lowest BCUT2D eigenvalue weighted by molar-refractivity contribution is -0.130. The van der Waals surface area contributed by atoms with Gasteiger partial charge in [-0.25, -0.2) is 0 Å². The number of aryl methyl sites for hydroxylation is 2. The lowest BCUT2D eigenvalue weighted by Gasteiger charge is -2.41. The van der Waals surface area contributed by atoms with Crippen LogP contribution in [0.3, 0.4) is 0 Å². The van der Waals surface area contributed by atoms with E-state index in [1.807, 2.05) is 4.90 Å². The Bertz CT molecular complexity index is 699. The molecule has 2 heterocycles. The van der Waals surface area contributed by atoms with Gasteiger partial charge in [0.25, 0.3) is 0 Å². The maximum Gasteiger partial charge on any atom is 0.219 e. The van der Waals surface area contributed by atoms with Crippen LogP contribution in [-0.4, -0.2) is 54.0 Å². The number of piperidine rings is 2. The topological polar surface area (TPSA) is 32.8 Å². The van der Waals surface area contributed by atoms with Gasteiger partial charge in [-0.05, 0) is 81.0 Å². The largest absolute Gasteiger partial charge is 0.490 e. The molecule has 0 N–H and O–H groups in total. The molecule has 2 saturated heterocycles. The van der Waals surface area contributed by atoms with E-state index in [4.69, 9.17) is 4.74 Å². The van der Waals surface area contributed by atoms with E-state index in [1.54, 1.807) is 6.92 Å². The highest BCUT2D eigenvalue weighted by molar-refractivity contribution is 5.73. The lowest BCUT2D eigenvalue weighted by Crippen LogP contribution is -2.46. The molecule has 3 aliphatic rings. The van der Waals surface area contributed by atoms with E-state index in [0.717, 1.165) is 37.2 Å². The van der Waals surface area contributed by atoms with Gasteiger partial charge in [0.1, 0.15) is 11.9 Å². The van der Waals surface area contributed by atoms with Crippen molar-refractivity contribution >= 4 is 5.91 Å². The van der Waals surface area contributed by atoms with Crippen LogP contribution in [0.25, 0.3) is 0 Å². The average Bonchev–Trinajstić information content (AvgIpc) is 2.77. The van der Waals surface area contributed by atoms with Crippen LogP contribution < -0.4 is 4.74 Å². The van der Waals surface area contributed by atoms with Crippen molar-refractivity contribution in [3.63, 3.8) is 0 Å². The second-order valence-corrected chi connectivity index (χ2v) is 10.1. The Kier molecular flexibility index (Phi) is 9.90. The third-order valence-electron chi connectivity index (χ3n) is 7.85. The van der Waals surface area contributed by atoms with Gasteiger partial charge in [0.2, 0.25) is 5.91 Å². The fourth-order valence-corrected chi connectivity index (χ4v) is 5.22. The van der Waals surface area contributed by atoms with Crippen molar-refractivity contribution < 1.29 is 9.53 Å². The fourth-order valence-electron chi connectivity index (χ4n) is 5.22. The average molecular weight is 443 g/mol. The molecule has 2 aliphatic heterocycles. The summed E-state index contributed by atoms with van der Waals surface area (Å²) in [6.45, 7) is 12.7. The van der Waals surface area contributed by atoms with Crippen LogP contribution in [0, 0.1) is 12.8 Å². The summed E-state index contributed by atoms with van der Waals surface area (Å²) in [4.78, 5) is 15.6. The number of hydrogen-bond acceptors (Lipinski definition) is 3. The molecule has 4 nitrogen and oxygen atoms in total. The Morgan fingerprint density at radius 3 is 2.22 bits per heavy atom.